The fourth-order valence-electron chi connectivity index (χ4n) is 1.97. The first-order valence-corrected chi connectivity index (χ1v) is 5.07. The first-order valence-electron chi connectivity index (χ1n) is 5.07. The molecule has 5 nitrogen and oxygen atoms in total. The lowest BCUT2D eigenvalue weighted by Crippen LogP contribution is -2.25. The highest BCUT2D eigenvalue weighted by molar-refractivity contribution is 5.67. The molecule has 0 saturated heterocycles. The number of hydrogen-bond donors (Lipinski definition) is 0. The van der Waals surface area contributed by atoms with Crippen molar-refractivity contribution in [1.29, 1.82) is 0 Å². The van der Waals surface area contributed by atoms with Crippen LogP contribution in [0.1, 0.15) is 32.0 Å². The molecule has 0 amide bonds. The van der Waals surface area contributed by atoms with E-state index in [0.29, 0.717) is 5.88 Å². The molecule has 0 saturated carbocycles. The first kappa shape index (κ1) is 12.5. The number of carbonyl (C=O) groups is 1. The molecule has 0 unspecified atom stereocenters. The number of esters is 1. The van der Waals surface area contributed by atoms with Gasteiger partial charge in [-0.05, 0) is 20.8 Å². The molecule has 0 atom stereocenters. The van der Waals surface area contributed by atoms with Gasteiger partial charge in [0.2, 0.25) is 5.88 Å². The van der Waals surface area contributed by atoms with Crippen LogP contribution in [0.4, 0.5) is 0 Å². The molecule has 0 fully saturated rings. The Kier molecular flexibility index (Phi) is 3.26. The number of aryl methyl sites for hydroxylation is 2. The molecule has 0 aliphatic carbocycles. The van der Waals surface area contributed by atoms with Crippen LogP contribution in [-0.4, -0.2) is 22.9 Å². The molecule has 1 aromatic rings. The molecule has 1 rings (SSSR count). The van der Waals surface area contributed by atoms with Crippen molar-refractivity contribution in [3.05, 3.63) is 11.3 Å². The zero-order chi connectivity index (χ0) is 12.5. The Morgan fingerprint density at radius 2 is 2.00 bits per heavy atom. The molecule has 5 heteroatoms. The van der Waals surface area contributed by atoms with Crippen LogP contribution in [0.25, 0.3) is 0 Å². The summed E-state index contributed by atoms with van der Waals surface area (Å²) in [4.78, 5) is 11.1. The van der Waals surface area contributed by atoms with Gasteiger partial charge in [0.05, 0.1) is 18.4 Å². The monoisotopic (exact) mass is 226 g/mol. The van der Waals surface area contributed by atoms with E-state index in [1.54, 1.807) is 18.8 Å². The summed E-state index contributed by atoms with van der Waals surface area (Å²) in [7, 11) is 3.36. The van der Waals surface area contributed by atoms with Crippen molar-refractivity contribution in [2.45, 2.75) is 33.3 Å². The molecule has 90 valence electrons. The molecular formula is C11H18N2O3. The maximum atomic E-state index is 11.1. The van der Waals surface area contributed by atoms with Gasteiger partial charge in [-0.2, -0.15) is 5.10 Å². The highest BCUT2D eigenvalue weighted by Crippen LogP contribution is 2.34. The van der Waals surface area contributed by atoms with Crippen LogP contribution >= 0.6 is 0 Å². The summed E-state index contributed by atoms with van der Waals surface area (Å²) >= 11 is 0. The van der Waals surface area contributed by atoms with Crippen LogP contribution in [0.2, 0.25) is 0 Å². The van der Waals surface area contributed by atoms with Gasteiger partial charge in [0, 0.05) is 14.0 Å². The second kappa shape index (κ2) is 4.15. The van der Waals surface area contributed by atoms with Crippen molar-refractivity contribution in [2.75, 3.05) is 7.11 Å². The van der Waals surface area contributed by atoms with E-state index in [0.717, 1.165) is 11.3 Å². The van der Waals surface area contributed by atoms with E-state index < -0.39 is 5.60 Å². The summed E-state index contributed by atoms with van der Waals surface area (Å²) in [6, 6.07) is 0. The van der Waals surface area contributed by atoms with Crippen molar-refractivity contribution in [1.82, 2.24) is 9.78 Å². The smallest absolute Gasteiger partial charge is 0.303 e. The molecule has 1 aromatic heterocycles. The average molecular weight is 226 g/mol. The van der Waals surface area contributed by atoms with E-state index >= 15 is 0 Å². The Morgan fingerprint density at radius 1 is 1.44 bits per heavy atom. The van der Waals surface area contributed by atoms with Crippen LogP contribution in [0.15, 0.2) is 0 Å². The normalized spacial score (nSPS) is 11.4. The van der Waals surface area contributed by atoms with Crippen molar-refractivity contribution < 1.29 is 14.3 Å². The minimum Gasteiger partial charge on any atom is -0.481 e. The van der Waals surface area contributed by atoms with E-state index in [-0.39, 0.29) is 5.97 Å². The number of carbonyl (C=O) groups excluding carboxylic acids is 1. The zero-order valence-corrected chi connectivity index (χ0v) is 10.6. The van der Waals surface area contributed by atoms with Crippen LogP contribution in [-0.2, 0) is 22.2 Å². The number of methoxy groups -OCH3 is 1. The summed E-state index contributed by atoms with van der Waals surface area (Å²) in [5.74, 6) is 0.291. The maximum absolute atomic E-state index is 11.1. The van der Waals surface area contributed by atoms with E-state index in [9.17, 15) is 4.79 Å². The lowest BCUT2D eigenvalue weighted by atomic mass is 9.98. The number of aromatic nitrogens is 2. The van der Waals surface area contributed by atoms with Crippen LogP contribution in [0.3, 0.4) is 0 Å². The Morgan fingerprint density at radius 3 is 2.44 bits per heavy atom. The van der Waals surface area contributed by atoms with Crippen molar-refractivity contribution in [2.24, 2.45) is 7.05 Å². The molecule has 0 bridgehead atoms. The molecule has 0 aliphatic heterocycles. The van der Waals surface area contributed by atoms with Gasteiger partial charge >= 0.3 is 5.97 Å². The third-order valence-electron chi connectivity index (χ3n) is 2.36. The highest BCUT2D eigenvalue weighted by atomic mass is 16.6. The molecular weight excluding hydrogens is 208 g/mol. The Labute approximate surface area is 95.3 Å². The molecule has 0 spiro atoms. The summed E-state index contributed by atoms with van der Waals surface area (Å²) in [6.07, 6.45) is 0. The van der Waals surface area contributed by atoms with Crippen LogP contribution < -0.4 is 4.74 Å². The summed E-state index contributed by atoms with van der Waals surface area (Å²) < 4.78 is 12.2. The Hall–Kier alpha value is -1.52. The summed E-state index contributed by atoms with van der Waals surface area (Å²) in [5.41, 5.74) is 0.855. The van der Waals surface area contributed by atoms with Gasteiger partial charge in [0.25, 0.3) is 0 Å². The molecule has 0 N–H and O–H groups in total. The van der Waals surface area contributed by atoms with Crippen molar-refractivity contribution in [3.8, 4) is 5.88 Å². The van der Waals surface area contributed by atoms with Gasteiger partial charge in [-0.3, -0.25) is 4.79 Å². The van der Waals surface area contributed by atoms with E-state index in [2.05, 4.69) is 5.10 Å². The van der Waals surface area contributed by atoms with Crippen LogP contribution in [0.5, 0.6) is 5.88 Å². The topological polar surface area (TPSA) is 53.4 Å². The largest absolute Gasteiger partial charge is 0.481 e. The lowest BCUT2D eigenvalue weighted by Gasteiger charge is -2.25. The predicted octanol–water partition coefficient (Wildman–Crippen LogP) is 1.54. The molecule has 0 aromatic carbocycles. The number of rotatable bonds is 3. The fourth-order valence-corrected chi connectivity index (χ4v) is 1.97. The Balaban J connectivity index is 3.25. The maximum Gasteiger partial charge on any atom is 0.303 e. The quantitative estimate of drug-likeness (QED) is 0.733. The van der Waals surface area contributed by atoms with E-state index in [4.69, 9.17) is 9.47 Å². The molecule has 0 radical (unpaired) electrons. The van der Waals surface area contributed by atoms with Crippen molar-refractivity contribution >= 4 is 5.97 Å². The van der Waals surface area contributed by atoms with Gasteiger partial charge in [-0.25, -0.2) is 4.68 Å². The van der Waals surface area contributed by atoms with Gasteiger partial charge in [0.15, 0.2) is 0 Å². The average Bonchev–Trinajstić information content (AvgIpc) is 2.38. The molecule has 0 aliphatic rings. The minimum atomic E-state index is -0.741. The van der Waals surface area contributed by atoms with Gasteiger partial charge < -0.3 is 9.47 Å². The SMILES string of the molecule is COc1c(C(C)(C)OC(C)=O)c(C)nn1C. The first-order chi connectivity index (χ1) is 7.29. The standard InChI is InChI=1S/C11H18N2O3/c1-7-9(10(15-6)13(5)12-7)11(3,4)16-8(2)14/h1-6H3. The zero-order valence-electron chi connectivity index (χ0n) is 10.6. The minimum absolute atomic E-state index is 0.324. The predicted molar refractivity (Wildman–Crippen MR) is 59.3 cm³/mol. The Bertz CT molecular complexity index is 408. The van der Waals surface area contributed by atoms with Gasteiger partial charge in [-0.1, -0.05) is 0 Å². The fraction of sp³-hybridized carbons (Fsp3) is 0.636. The lowest BCUT2D eigenvalue weighted by molar-refractivity contribution is -0.154. The third-order valence-corrected chi connectivity index (χ3v) is 2.36. The number of nitrogens with zero attached hydrogens (tertiary/aromatic N) is 2. The highest BCUT2D eigenvalue weighted by Gasteiger charge is 2.32. The second-order valence-corrected chi connectivity index (χ2v) is 4.20. The summed E-state index contributed by atoms with van der Waals surface area (Å²) in [6.45, 7) is 6.89. The van der Waals surface area contributed by atoms with Crippen molar-refractivity contribution in [3.63, 3.8) is 0 Å². The van der Waals surface area contributed by atoms with Gasteiger partial charge in [-0.15, -0.1) is 0 Å². The van der Waals surface area contributed by atoms with Gasteiger partial charge in [0.1, 0.15) is 5.60 Å². The molecule has 1 heterocycles. The summed E-state index contributed by atoms with van der Waals surface area (Å²) in [5, 5.41) is 4.26. The number of hydrogen-bond acceptors (Lipinski definition) is 4. The molecule has 16 heavy (non-hydrogen) atoms. The third kappa shape index (κ3) is 2.18. The van der Waals surface area contributed by atoms with E-state index in [1.807, 2.05) is 20.8 Å². The van der Waals surface area contributed by atoms with E-state index in [1.165, 1.54) is 6.92 Å². The second-order valence-electron chi connectivity index (χ2n) is 4.20. The van der Waals surface area contributed by atoms with Crippen LogP contribution in [0, 0.1) is 6.92 Å². The number of ether oxygens (including phenoxy) is 2.